The van der Waals surface area contributed by atoms with E-state index in [9.17, 15) is 4.79 Å². The molecule has 1 fully saturated rings. The normalized spacial score (nSPS) is 21.5. The van der Waals surface area contributed by atoms with Crippen LogP contribution in [0.3, 0.4) is 0 Å². The third-order valence-corrected chi connectivity index (χ3v) is 4.15. The molecule has 1 aliphatic heterocycles. The van der Waals surface area contributed by atoms with E-state index in [0.717, 1.165) is 18.0 Å². The van der Waals surface area contributed by atoms with Crippen molar-refractivity contribution in [3.63, 3.8) is 0 Å². The van der Waals surface area contributed by atoms with Crippen LogP contribution >= 0.6 is 11.3 Å². The molecule has 0 aromatic carbocycles. The molecule has 3 nitrogen and oxygen atoms in total. The Bertz CT molecular complexity index is 439. The van der Waals surface area contributed by atoms with Gasteiger partial charge in [0, 0.05) is 24.0 Å². The predicted octanol–water partition coefficient (Wildman–Crippen LogP) is 3.08. The first kappa shape index (κ1) is 13.3. The predicted molar refractivity (Wildman–Crippen MR) is 74.7 cm³/mol. The lowest BCUT2D eigenvalue weighted by Gasteiger charge is -2.30. The standard InChI is InChI=1S/C14H19NO2S/c1-11-3-2-6-15(8-11)9-13-7-12(10-18-13)4-5-14(16)17/h4-5,7,10-11H,2-3,6,8-9H2,1H3,(H,16,17). The monoisotopic (exact) mass is 265 g/mol. The van der Waals surface area contributed by atoms with Gasteiger partial charge in [0.15, 0.2) is 0 Å². The lowest BCUT2D eigenvalue weighted by Crippen LogP contribution is -2.33. The molecule has 1 atom stereocenters. The Hall–Kier alpha value is -1.13. The zero-order chi connectivity index (χ0) is 13.0. The molecule has 1 saturated heterocycles. The zero-order valence-corrected chi connectivity index (χ0v) is 11.4. The van der Waals surface area contributed by atoms with E-state index in [-0.39, 0.29) is 0 Å². The van der Waals surface area contributed by atoms with Crippen LogP contribution in [0, 0.1) is 5.92 Å². The number of aliphatic carboxylic acids is 1. The maximum atomic E-state index is 10.4. The molecule has 1 aromatic rings. The molecule has 1 aliphatic rings. The van der Waals surface area contributed by atoms with Crippen molar-refractivity contribution >= 4 is 23.4 Å². The third kappa shape index (κ3) is 3.96. The van der Waals surface area contributed by atoms with Crippen LogP contribution in [0.15, 0.2) is 17.5 Å². The molecule has 0 saturated carbocycles. The van der Waals surface area contributed by atoms with E-state index in [4.69, 9.17) is 5.11 Å². The molecule has 98 valence electrons. The molecule has 18 heavy (non-hydrogen) atoms. The largest absolute Gasteiger partial charge is 0.478 e. The molecule has 1 aromatic heterocycles. The maximum absolute atomic E-state index is 10.4. The molecule has 0 bridgehead atoms. The van der Waals surface area contributed by atoms with Gasteiger partial charge in [-0.15, -0.1) is 11.3 Å². The van der Waals surface area contributed by atoms with Crippen molar-refractivity contribution < 1.29 is 9.90 Å². The van der Waals surface area contributed by atoms with Gasteiger partial charge >= 0.3 is 5.97 Å². The highest BCUT2D eigenvalue weighted by Crippen LogP contribution is 2.22. The number of hydrogen-bond donors (Lipinski definition) is 1. The van der Waals surface area contributed by atoms with Crippen molar-refractivity contribution in [2.45, 2.75) is 26.3 Å². The van der Waals surface area contributed by atoms with Crippen molar-refractivity contribution in [2.75, 3.05) is 13.1 Å². The lowest BCUT2D eigenvalue weighted by molar-refractivity contribution is -0.131. The van der Waals surface area contributed by atoms with Crippen LogP contribution in [0.25, 0.3) is 6.08 Å². The van der Waals surface area contributed by atoms with Crippen molar-refractivity contribution in [2.24, 2.45) is 5.92 Å². The Kier molecular flexibility index (Phi) is 4.55. The van der Waals surface area contributed by atoms with Gasteiger partial charge in [-0.3, -0.25) is 4.90 Å². The van der Waals surface area contributed by atoms with Gasteiger partial charge in [0.2, 0.25) is 0 Å². The van der Waals surface area contributed by atoms with Crippen LogP contribution in [0.1, 0.15) is 30.2 Å². The van der Waals surface area contributed by atoms with Gasteiger partial charge in [-0.1, -0.05) is 6.92 Å². The number of piperidine rings is 1. The summed E-state index contributed by atoms with van der Waals surface area (Å²) < 4.78 is 0. The summed E-state index contributed by atoms with van der Waals surface area (Å²) in [5, 5.41) is 10.6. The van der Waals surface area contributed by atoms with Gasteiger partial charge in [0.25, 0.3) is 0 Å². The summed E-state index contributed by atoms with van der Waals surface area (Å²) in [6.45, 7) is 5.66. The molecule has 2 rings (SSSR count). The van der Waals surface area contributed by atoms with Crippen LogP contribution in [0.2, 0.25) is 0 Å². The van der Waals surface area contributed by atoms with Gasteiger partial charge in [0.05, 0.1) is 0 Å². The van der Waals surface area contributed by atoms with Crippen LogP contribution in [-0.2, 0) is 11.3 Å². The van der Waals surface area contributed by atoms with Crippen molar-refractivity contribution in [3.05, 3.63) is 28.0 Å². The Labute approximate surface area is 112 Å². The molecule has 4 heteroatoms. The number of likely N-dealkylation sites (tertiary alicyclic amines) is 1. The second-order valence-electron chi connectivity index (χ2n) is 5.00. The van der Waals surface area contributed by atoms with Gasteiger partial charge in [-0.25, -0.2) is 4.79 Å². The minimum Gasteiger partial charge on any atom is -0.478 e. The van der Waals surface area contributed by atoms with E-state index >= 15 is 0 Å². The molecule has 0 spiro atoms. The van der Waals surface area contributed by atoms with E-state index in [2.05, 4.69) is 17.9 Å². The number of thiophene rings is 1. The van der Waals surface area contributed by atoms with Crippen LogP contribution in [0.5, 0.6) is 0 Å². The van der Waals surface area contributed by atoms with Crippen LogP contribution in [0.4, 0.5) is 0 Å². The number of nitrogens with zero attached hydrogens (tertiary/aromatic N) is 1. The van der Waals surface area contributed by atoms with Gasteiger partial charge in [-0.05, 0) is 48.4 Å². The topological polar surface area (TPSA) is 40.5 Å². The second kappa shape index (κ2) is 6.16. The molecule has 0 aliphatic carbocycles. The average Bonchev–Trinajstić information content (AvgIpc) is 2.74. The summed E-state index contributed by atoms with van der Waals surface area (Å²) in [6, 6.07) is 2.09. The summed E-state index contributed by atoms with van der Waals surface area (Å²) in [7, 11) is 0. The number of carboxylic acid groups (broad SMARTS) is 1. The summed E-state index contributed by atoms with van der Waals surface area (Å²) >= 11 is 1.71. The summed E-state index contributed by atoms with van der Waals surface area (Å²) in [5.74, 6) is -0.0994. The van der Waals surface area contributed by atoms with Gasteiger partial charge < -0.3 is 5.11 Å². The highest BCUT2D eigenvalue weighted by molar-refractivity contribution is 7.10. The highest BCUT2D eigenvalue weighted by Gasteiger charge is 2.16. The number of rotatable bonds is 4. The zero-order valence-electron chi connectivity index (χ0n) is 10.6. The molecule has 0 amide bonds. The molecular formula is C14H19NO2S. The van der Waals surface area contributed by atoms with Gasteiger partial charge in [-0.2, -0.15) is 0 Å². The minimum atomic E-state index is -0.896. The summed E-state index contributed by atoms with van der Waals surface area (Å²) in [4.78, 5) is 14.2. The second-order valence-corrected chi connectivity index (χ2v) is 6.00. The molecule has 0 radical (unpaired) electrons. The first-order chi connectivity index (χ1) is 8.63. The number of carboxylic acids is 1. The summed E-state index contributed by atoms with van der Waals surface area (Å²) in [5.41, 5.74) is 0.988. The Morgan fingerprint density at radius 2 is 2.50 bits per heavy atom. The first-order valence-corrected chi connectivity index (χ1v) is 7.22. The van der Waals surface area contributed by atoms with E-state index in [0.29, 0.717) is 0 Å². The molecular weight excluding hydrogens is 246 g/mol. The van der Waals surface area contributed by atoms with E-state index in [1.165, 1.54) is 36.9 Å². The Morgan fingerprint density at radius 3 is 3.22 bits per heavy atom. The Balaban J connectivity index is 1.91. The van der Waals surface area contributed by atoms with Crippen molar-refractivity contribution in [1.29, 1.82) is 0 Å². The number of hydrogen-bond acceptors (Lipinski definition) is 3. The fourth-order valence-corrected chi connectivity index (χ4v) is 3.28. The molecule has 2 heterocycles. The smallest absolute Gasteiger partial charge is 0.328 e. The van der Waals surface area contributed by atoms with Crippen molar-refractivity contribution in [1.82, 2.24) is 4.90 Å². The quantitative estimate of drug-likeness (QED) is 0.851. The van der Waals surface area contributed by atoms with Gasteiger partial charge in [0.1, 0.15) is 0 Å². The first-order valence-electron chi connectivity index (χ1n) is 6.34. The summed E-state index contributed by atoms with van der Waals surface area (Å²) in [6.07, 6.45) is 5.47. The molecule has 1 unspecified atom stereocenters. The van der Waals surface area contributed by atoms with E-state index in [1.807, 2.05) is 5.38 Å². The maximum Gasteiger partial charge on any atom is 0.328 e. The lowest BCUT2D eigenvalue weighted by atomic mass is 10.0. The van der Waals surface area contributed by atoms with E-state index < -0.39 is 5.97 Å². The van der Waals surface area contributed by atoms with E-state index in [1.54, 1.807) is 17.4 Å². The Morgan fingerprint density at radius 1 is 1.67 bits per heavy atom. The van der Waals surface area contributed by atoms with Crippen molar-refractivity contribution in [3.8, 4) is 0 Å². The minimum absolute atomic E-state index is 0.796. The SMILES string of the molecule is CC1CCCN(Cc2cc(C=CC(=O)O)cs2)C1. The average molecular weight is 265 g/mol. The third-order valence-electron chi connectivity index (χ3n) is 3.21. The highest BCUT2D eigenvalue weighted by atomic mass is 32.1. The fraction of sp³-hybridized carbons (Fsp3) is 0.500. The van der Waals surface area contributed by atoms with Crippen LogP contribution < -0.4 is 0 Å². The van der Waals surface area contributed by atoms with Crippen LogP contribution in [-0.4, -0.2) is 29.1 Å². The fourth-order valence-electron chi connectivity index (χ4n) is 2.39. The molecule has 1 N–H and O–H groups in total. The number of carbonyl (C=O) groups is 1.